The van der Waals surface area contributed by atoms with E-state index in [1.165, 1.54) is 11.3 Å². The van der Waals surface area contributed by atoms with E-state index >= 15 is 0 Å². The van der Waals surface area contributed by atoms with E-state index in [9.17, 15) is 14.9 Å². The molecule has 2 unspecified atom stereocenters. The van der Waals surface area contributed by atoms with Crippen LogP contribution in [0.2, 0.25) is 0 Å². The van der Waals surface area contributed by atoms with Gasteiger partial charge < -0.3 is 10.1 Å². The first-order valence-corrected chi connectivity index (χ1v) is 12.5. The van der Waals surface area contributed by atoms with Gasteiger partial charge in [0.15, 0.2) is 0 Å². The van der Waals surface area contributed by atoms with Gasteiger partial charge in [-0.3, -0.25) is 4.79 Å². The van der Waals surface area contributed by atoms with Crippen LogP contribution in [0.3, 0.4) is 0 Å². The van der Waals surface area contributed by atoms with Gasteiger partial charge >= 0.3 is 5.97 Å². The van der Waals surface area contributed by atoms with E-state index in [4.69, 9.17) is 4.74 Å². The van der Waals surface area contributed by atoms with Crippen LogP contribution in [0.4, 0.5) is 5.00 Å². The number of anilines is 1. The number of esters is 1. The zero-order valence-corrected chi connectivity index (χ0v) is 21.1. The average molecular weight is 467 g/mol. The number of nitrogens with one attached hydrogen (secondary N) is 1. The van der Waals surface area contributed by atoms with Crippen molar-refractivity contribution in [2.75, 3.05) is 11.9 Å². The van der Waals surface area contributed by atoms with Crippen molar-refractivity contribution in [2.24, 2.45) is 11.3 Å². The number of carbonyl (C=O) groups is 2. The molecule has 0 saturated carbocycles. The lowest BCUT2D eigenvalue weighted by atomic mass is 9.70. The van der Waals surface area contributed by atoms with Crippen LogP contribution in [0.1, 0.15) is 80.2 Å². The summed E-state index contributed by atoms with van der Waals surface area (Å²) < 4.78 is 5.34. The van der Waals surface area contributed by atoms with Gasteiger partial charge in [0.05, 0.1) is 23.7 Å². The number of amides is 1. The zero-order valence-electron chi connectivity index (χ0n) is 20.3. The minimum absolute atomic E-state index is 0.0921. The first-order valence-electron chi connectivity index (χ1n) is 11.7. The molecule has 176 valence electrons. The molecule has 1 N–H and O–H groups in total. The van der Waals surface area contributed by atoms with Gasteiger partial charge in [-0.1, -0.05) is 58.0 Å². The Kier molecular flexibility index (Phi) is 7.64. The summed E-state index contributed by atoms with van der Waals surface area (Å²) in [5.41, 5.74) is 1.89. The smallest absolute Gasteiger partial charge is 0.341 e. The first-order chi connectivity index (χ1) is 15.6. The number of rotatable bonds is 7. The van der Waals surface area contributed by atoms with E-state index in [0.717, 1.165) is 22.4 Å². The molecule has 0 radical (unpaired) electrons. The minimum atomic E-state index is -0.631. The van der Waals surface area contributed by atoms with Crippen LogP contribution >= 0.6 is 11.3 Å². The van der Waals surface area contributed by atoms with Gasteiger partial charge in [0.2, 0.25) is 5.91 Å². The summed E-state index contributed by atoms with van der Waals surface area (Å²) in [6.45, 7) is 10.6. The predicted molar refractivity (Wildman–Crippen MR) is 133 cm³/mol. The lowest BCUT2D eigenvalue weighted by Gasteiger charge is -2.31. The van der Waals surface area contributed by atoms with Crippen molar-refractivity contribution in [1.82, 2.24) is 0 Å². The molecule has 0 aliphatic heterocycles. The molecule has 1 heterocycles. The Labute approximate surface area is 201 Å². The second kappa shape index (κ2) is 10.1. The van der Waals surface area contributed by atoms with Gasteiger partial charge in [0, 0.05) is 17.7 Å². The third kappa shape index (κ3) is 5.83. The third-order valence-corrected chi connectivity index (χ3v) is 7.27. The van der Waals surface area contributed by atoms with Gasteiger partial charge in [0.25, 0.3) is 0 Å². The molecule has 1 aliphatic rings. The van der Waals surface area contributed by atoms with E-state index < -0.39 is 11.4 Å². The number of nitriles is 1. The minimum Gasteiger partial charge on any atom is -0.462 e. The van der Waals surface area contributed by atoms with Crippen LogP contribution < -0.4 is 5.32 Å². The standard InChI is InChI=1S/C27H34N2O3S/c1-6-32-25(31)23-20-12-13-27(17-28,19-10-8-7-9-11-19)16-21(20)33-24(23)29-22(30)14-18(2)15-26(3,4)5/h7-11,18H,6,12-16H2,1-5H3,(H,29,30). The van der Waals surface area contributed by atoms with Crippen molar-refractivity contribution in [2.45, 2.75) is 72.1 Å². The fraction of sp³-hybridized carbons (Fsp3) is 0.519. The normalized spacial score (nSPS) is 18.7. The number of ether oxygens (including phenoxy) is 1. The summed E-state index contributed by atoms with van der Waals surface area (Å²) >= 11 is 1.41. The lowest BCUT2D eigenvalue weighted by molar-refractivity contribution is -0.117. The molecule has 1 aliphatic carbocycles. The molecule has 0 saturated heterocycles. The molecule has 5 nitrogen and oxygen atoms in total. The summed E-state index contributed by atoms with van der Waals surface area (Å²) in [6.07, 6.45) is 3.08. The van der Waals surface area contributed by atoms with E-state index in [0.29, 0.717) is 36.2 Å². The number of benzene rings is 1. The molecule has 2 atom stereocenters. The van der Waals surface area contributed by atoms with E-state index in [1.54, 1.807) is 6.92 Å². The molecule has 0 bridgehead atoms. The number of carbonyl (C=O) groups excluding carboxylic acids is 2. The molecule has 1 amide bonds. The van der Waals surface area contributed by atoms with Crippen molar-refractivity contribution in [3.05, 3.63) is 51.9 Å². The largest absolute Gasteiger partial charge is 0.462 e. The Morgan fingerprint density at radius 3 is 2.58 bits per heavy atom. The first kappa shape index (κ1) is 25.0. The van der Waals surface area contributed by atoms with Crippen LogP contribution in [0, 0.1) is 22.7 Å². The molecular weight excluding hydrogens is 432 g/mol. The average Bonchev–Trinajstić information content (AvgIpc) is 3.09. The molecule has 0 spiro atoms. The third-order valence-electron chi connectivity index (χ3n) is 6.12. The summed E-state index contributed by atoms with van der Waals surface area (Å²) in [4.78, 5) is 26.7. The Balaban J connectivity index is 1.90. The van der Waals surface area contributed by atoms with E-state index in [-0.39, 0.29) is 23.8 Å². The number of thiophene rings is 1. The molecule has 6 heteroatoms. The fourth-order valence-corrected chi connectivity index (χ4v) is 6.27. The maximum atomic E-state index is 12.9. The maximum Gasteiger partial charge on any atom is 0.341 e. The van der Waals surface area contributed by atoms with E-state index in [1.807, 2.05) is 30.3 Å². The highest BCUT2D eigenvalue weighted by Gasteiger charge is 2.40. The Morgan fingerprint density at radius 2 is 1.97 bits per heavy atom. The SMILES string of the molecule is CCOC(=O)c1c(NC(=O)CC(C)CC(C)(C)C)sc2c1CCC(C#N)(c1ccccc1)C2. The van der Waals surface area contributed by atoms with Crippen molar-refractivity contribution in [3.63, 3.8) is 0 Å². The number of fused-ring (bicyclic) bond motifs is 1. The summed E-state index contributed by atoms with van der Waals surface area (Å²) in [6, 6.07) is 12.4. The summed E-state index contributed by atoms with van der Waals surface area (Å²) in [5, 5.41) is 13.7. The van der Waals surface area contributed by atoms with Gasteiger partial charge in [-0.25, -0.2) is 4.79 Å². The highest BCUT2D eigenvalue weighted by atomic mass is 32.1. The topological polar surface area (TPSA) is 79.2 Å². The van der Waals surface area contributed by atoms with Crippen LogP contribution in [-0.4, -0.2) is 18.5 Å². The van der Waals surface area contributed by atoms with Gasteiger partial charge in [-0.2, -0.15) is 5.26 Å². The molecular formula is C27H34N2O3S. The predicted octanol–water partition coefficient (Wildman–Crippen LogP) is 6.28. The van der Waals surface area contributed by atoms with Crippen LogP contribution in [0.5, 0.6) is 0 Å². The van der Waals surface area contributed by atoms with Crippen molar-refractivity contribution < 1.29 is 14.3 Å². The number of nitrogens with zero attached hydrogens (tertiary/aromatic N) is 1. The summed E-state index contributed by atoms with van der Waals surface area (Å²) in [7, 11) is 0. The Bertz CT molecular complexity index is 1050. The van der Waals surface area contributed by atoms with Gasteiger partial charge in [-0.05, 0) is 48.6 Å². The van der Waals surface area contributed by atoms with Crippen molar-refractivity contribution >= 4 is 28.2 Å². The molecule has 1 aromatic heterocycles. The highest BCUT2D eigenvalue weighted by Crippen LogP contribution is 2.45. The Morgan fingerprint density at radius 1 is 1.27 bits per heavy atom. The van der Waals surface area contributed by atoms with Crippen molar-refractivity contribution in [3.8, 4) is 6.07 Å². The quantitative estimate of drug-likeness (QED) is 0.487. The van der Waals surface area contributed by atoms with Crippen LogP contribution in [0.25, 0.3) is 0 Å². The maximum absolute atomic E-state index is 12.9. The molecule has 3 rings (SSSR count). The van der Waals surface area contributed by atoms with Crippen LogP contribution in [0.15, 0.2) is 30.3 Å². The highest BCUT2D eigenvalue weighted by molar-refractivity contribution is 7.17. The zero-order chi connectivity index (χ0) is 24.2. The number of hydrogen-bond donors (Lipinski definition) is 1. The molecule has 33 heavy (non-hydrogen) atoms. The van der Waals surface area contributed by atoms with Gasteiger partial charge in [-0.15, -0.1) is 11.3 Å². The summed E-state index contributed by atoms with van der Waals surface area (Å²) in [5.74, 6) is -0.266. The Hall–Kier alpha value is -2.65. The van der Waals surface area contributed by atoms with E-state index in [2.05, 4.69) is 39.1 Å². The van der Waals surface area contributed by atoms with Gasteiger partial charge in [0.1, 0.15) is 5.00 Å². The number of hydrogen-bond acceptors (Lipinski definition) is 5. The second-order valence-corrected chi connectivity index (χ2v) is 11.4. The lowest BCUT2D eigenvalue weighted by Crippen LogP contribution is -2.31. The van der Waals surface area contributed by atoms with Crippen molar-refractivity contribution in [1.29, 1.82) is 5.26 Å². The fourth-order valence-electron chi connectivity index (χ4n) is 4.90. The second-order valence-electron chi connectivity index (χ2n) is 10.3. The van der Waals surface area contributed by atoms with Crippen LogP contribution in [-0.2, 0) is 27.8 Å². The monoisotopic (exact) mass is 466 g/mol. The molecule has 2 aromatic rings. The molecule has 1 aromatic carbocycles. The molecule has 0 fully saturated rings.